The third-order valence-electron chi connectivity index (χ3n) is 6.15. The van der Waals surface area contributed by atoms with Gasteiger partial charge < -0.3 is 10.0 Å². The van der Waals surface area contributed by atoms with Gasteiger partial charge in [0.1, 0.15) is 5.60 Å². The Hall–Kier alpha value is -1.39. The Morgan fingerprint density at radius 3 is 2.52 bits per heavy atom. The number of fused-ring (bicyclic) bond motifs is 1. The van der Waals surface area contributed by atoms with Gasteiger partial charge in [0, 0.05) is 31.6 Å². The van der Waals surface area contributed by atoms with Crippen molar-refractivity contribution in [3.63, 3.8) is 0 Å². The maximum atomic E-state index is 12.8. The maximum absolute atomic E-state index is 12.8. The van der Waals surface area contributed by atoms with Crippen LogP contribution >= 0.6 is 0 Å². The van der Waals surface area contributed by atoms with E-state index < -0.39 is 5.60 Å². The van der Waals surface area contributed by atoms with Crippen LogP contribution in [0.5, 0.6) is 0 Å². The molecule has 0 spiro atoms. The lowest BCUT2D eigenvalue weighted by molar-refractivity contribution is -0.150. The van der Waals surface area contributed by atoms with Crippen LogP contribution < -0.4 is 0 Å². The summed E-state index contributed by atoms with van der Waals surface area (Å²) in [5.41, 5.74) is 0.267. The normalized spacial score (nSPS) is 33.1. The lowest BCUT2D eigenvalue weighted by Gasteiger charge is -2.30. The lowest BCUT2D eigenvalue weighted by atomic mass is 9.90. The van der Waals surface area contributed by atoms with Crippen LogP contribution in [0.2, 0.25) is 0 Å². The van der Waals surface area contributed by atoms with Gasteiger partial charge in [-0.3, -0.25) is 9.69 Å². The van der Waals surface area contributed by atoms with Crippen LogP contribution in [0.1, 0.15) is 37.3 Å². The highest BCUT2D eigenvalue weighted by molar-refractivity contribution is 5.85. The van der Waals surface area contributed by atoms with E-state index in [-0.39, 0.29) is 5.91 Å². The van der Waals surface area contributed by atoms with Gasteiger partial charge in [-0.25, -0.2) is 0 Å². The number of carbonyl (C=O) groups excluding carboxylic acids is 1. The zero-order chi connectivity index (χ0) is 16.0. The van der Waals surface area contributed by atoms with Gasteiger partial charge in [0.05, 0.1) is 0 Å². The number of amides is 1. The minimum absolute atomic E-state index is 0.0149. The number of likely N-dealkylation sites (tertiary alicyclic amines) is 2. The Bertz CT molecular complexity index is 582. The smallest absolute Gasteiger partial charge is 0.254 e. The molecular weight excluding hydrogens is 288 g/mol. The molecule has 1 amide bonds. The van der Waals surface area contributed by atoms with Crippen LogP contribution in [0.15, 0.2) is 30.3 Å². The zero-order valence-electron chi connectivity index (χ0n) is 13.8. The molecule has 1 aromatic carbocycles. The molecule has 124 valence electrons. The van der Waals surface area contributed by atoms with Crippen LogP contribution in [-0.4, -0.2) is 53.1 Å². The standard InChI is InChI=1S/C19H26N2O2/c1-20-11-15-12-21(18(22)19(23)9-5-6-10-19)13-16(15)17(20)14-7-3-2-4-8-14/h2-4,7-8,15-17,23H,5-6,9-13H2,1H3/t15-,16+,17-/m0/s1. The van der Waals surface area contributed by atoms with E-state index in [2.05, 4.69) is 42.3 Å². The lowest BCUT2D eigenvalue weighted by Crippen LogP contribution is -2.47. The summed E-state index contributed by atoms with van der Waals surface area (Å²) in [6, 6.07) is 11.0. The van der Waals surface area contributed by atoms with Crippen molar-refractivity contribution in [3.05, 3.63) is 35.9 Å². The van der Waals surface area contributed by atoms with E-state index in [4.69, 9.17) is 0 Å². The van der Waals surface area contributed by atoms with Gasteiger partial charge in [-0.15, -0.1) is 0 Å². The van der Waals surface area contributed by atoms with Crippen molar-refractivity contribution in [1.82, 2.24) is 9.80 Å². The third-order valence-corrected chi connectivity index (χ3v) is 6.15. The summed E-state index contributed by atoms with van der Waals surface area (Å²) < 4.78 is 0. The zero-order valence-corrected chi connectivity index (χ0v) is 13.8. The van der Waals surface area contributed by atoms with Gasteiger partial charge in [0.2, 0.25) is 0 Å². The van der Waals surface area contributed by atoms with Crippen LogP contribution in [0.4, 0.5) is 0 Å². The molecule has 1 N–H and O–H groups in total. The summed E-state index contributed by atoms with van der Waals surface area (Å²) in [5, 5.41) is 10.6. The Morgan fingerprint density at radius 1 is 1.13 bits per heavy atom. The van der Waals surface area contributed by atoms with Gasteiger partial charge >= 0.3 is 0 Å². The molecule has 1 aliphatic carbocycles. The number of nitrogens with zero attached hydrogens (tertiary/aromatic N) is 2. The molecule has 0 unspecified atom stereocenters. The van der Waals surface area contributed by atoms with Crippen molar-refractivity contribution in [3.8, 4) is 0 Å². The number of carbonyl (C=O) groups is 1. The van der Waals surface area contributed by atoms with Gasteiger partial charge in [-0.1, -0.05) is 30.3 Å². The van der Waals surface area contributed by atoms with E-state index >= 15 is 0 Å². The molecule has 0 radical (unpaired) electrons. The van der Waals surface area contributed by atoms with Gasteiger partial charge in [-0.05, 0) is 44.2 Å². The summed E-state index contributed by atoms with van der Waals surface area (Å²) in [4.78, 5) is 17.2. The molecule has 1 aromatic rings. The number of benzene rings is 1. The molecule has 2 saturated heterocycles. The molecule has 3 aliphatic rings. The largest absolute Gasteiger partial charge is 0.380 e. The monoisotopic (exact) mass is 314 g/mol. The number of hydrogen-bond acceptors (Lipinski definition) is 3. The molecule has 3 atom stereocenters. The Balaban J connectivity index is 1.52. The summed E-state index contributed by atoms with van der Waals surface area (Å²) in [6.07, 6.45) is 3.22. The predicted molar refractivity (Wildman–Crippen MR) is 88.8 cm³/mol. The molecule has 1 saturated carbocycles. The van der Waals surface area contributed by atoms with Gasteiger partial charge in [-0.2, -0.15) is 0 Å². The first kappa shape index (κ1) is 15.2. The number of aliphatic hydroxyl groups is 1. The van der Waals surface area contributed by atoms with Crippen molar-refractivity contribution in [2.45, 2.75) is 37.3 Å². The van der Waals surface area contributed by atoms with Crippen molar-refractivity contribution in [2.24, 2.45) is 11.8 Å². The highest BCUT2D eigenvalue weighted by atomic mass is 16.3. The van der Waals surface area contributed by atoms with Crippen molar-refractivity contribution < 1.29 is 9.90 Å². The van der Waals surface area contributed by atoms with E-state index in [1.54, 1.807) is 0 Å². The van der Waals surface area contributed by atoms with E-state index in [9.17, 15) is 9.90 Å². The minimum Gasteiger partial charge on any atom is -0.380 e. The highest BCUT2D eigenvalue weighted by Crippen LogP contribution is 2.45. The van der Waals surface area contributed by atoms with Gasteiger partial charge in [0.25, 0.3) is 5.91 Å². The second-order valence-electron chi connectivity index (χ2n) is 7.67. The number of rotatable bonds is 2. The predicted octanol–water partition coefficient (Wildman–Crippen LogP) is 2.05. The summed E-state index contributed by atoms with van der Waals surface area (Å²) in [7, 11) is 2.19. The third kappa shape index (κ3) is 2.48. The van der Waals surface area contributed by atoms with Crippen LogP contribution in [0.3, 0.4) is 0 Å². The first-order valence-corrected chi connectivity index (χ1v) is 8.85. The fraction of sp³-hybridized carbons (Fsp3) is 0.632. The first-order chi connectivity index (χ1) is 11.1. The average Bonchev–Trinajstić information content (AvgIpc) is 3.22. The van der Waals surface area contributed by atoms with Crippen LogP contribution in [-0.2, 0) is 4.79 Å². The van der Waals surface area contributed by atoms with E-state index in [1.165, 1.54) is 5.56 Å². The molecular formula is C19H26N2O2. The second kappa shape index (κ2) is 5.60. The Morgan fingerprint density at radius 2 is 1.83 bits per heavy atom. The first-order valence-electron chi connectivity index (χ1n) is 8.85. The molecule has 0 aromatic heterocycles. The topological polar surface area (TPSA) is 43.8 Å². The number of hydrogen-bond donors (Lipinski definition) is 1. The molecule has 2 heterocycles. The molecule has 4 heteroatoms. The molecule has 4 nitrogen and oxygen atoms in total. The van der Waals surface area contributed by atoms with Crippen LogP contribution in [0.25, 0.3) is 0 Å². The summed E-state index contributed by atoms with van der Waals surface area (Å²) >= 11 is 0. The highest BCUT2D eigenvalue weighted by Gasteiger charge is 2.50. The molecule has 23 heavy (non-hydrogen) atoms. The average molecular weight is 314 g/mol. The van der Waals surface area contributed by atoms with E-state index in [1.807, 2.05) is 4.90 Å². The van der Waals surface area contributed by atoms with Crippen molar-refractivity contribution >= 4 is 5.91 Å². The summed E-state index contributed by atoms with van der Waals surface area (Å²) in [5.74, 6) is 0.995. The molecule has 2 aliphatic heterocycles. The maximum Gasteiger partial charge on any atom is 0.254 e. The molecule has 3 fully saturated rings. The Kier molecular flexibility index (Phi) is 3.69. The molecule has 4 rings (SSSR count). The fourth-order valence-corrected chi connectivity index (χ4v) is 5.04. The molecule has 0 bridgehead atoms. The SMILES string of the molecule is CN1C[C@H]2CN(C(=O)C3(O)CCCC3)C[C@H]2[C@@H]1c1ccccc1. The quantitative estimate of drug-likeness (QED) is 0.909. The van der Waals surface area contributed by atoms with E-state index in [0.29, 0.717) is 30.7 Å². The van der Waals surface area contributed by atoms with Gasteiger partial charge in [0.15, 0.2) is 0 Å². The summed E-state index contributed by atoms with van der Waals surface area (Å²) in [6.45, 7) is 2.63. The minimum atomic E-state index is -1.08. The van der Waals surface area contributed by atoms with Crippen LogP contribution in [0, 0.1) is 11.8 Å². The van der Waals surface area contributed by atoms with Crippen molar-refractivity contribution in [2.75, 3.05) is 26.7 Å². The Labute approximate surface area is 138 Å². The second-order valence-corrected chi connectivity index (χ2v) is 7.67. The fourth-order valence-electron chi connectivity index (χ4n) is 5.04. The van der Waals surface area contributed by atoms with Crippen molar-refractivity contribution in [1.29, 1.82) is 0 Å². The van der Waals surface area contributed by atoms with E-state index in [0.717, 1.165) is 32.5 Å².